The van der Waals surface area contributed by atoms with Crippen molar-refractivity contribution in [2.75, 3.05) is 0 Å². The van der Waals surface area contributed by atoms with Gasteiger partial charge in [-0.1, -0.05) is 63.3 Å². The maximum absolute atomic E-state index is 4.96. The van der Waals surface area contributed by atoms with E-state index in [4.69, 9.17) is 4.98 Å². The Balaban J connectivity index is 1.61. The van der Waals surface area contributed by atoms with E-state index in [1.165, 1.54) is 79.5 Å². The summed E-state index contributed by atoms with van der Waals surface area (Å²) in [6.45, 7) is 6.35. The largest absolute Gasteiger partial charge is 0.253 e. The highest BCUT2D eigenvalue weighted by Crippen LogP contribution is 2.32. The molecule has 0 saturated heterocycles. The monoisotopic (exact) mass is 295 g/mol. The van der Waals surface area contributed by atoms with Crippen LogP contribution in [-0.4, -0.2) is 4.98 Å². The standard InChI is InChI=1S/C21H29N/c1-3-4-5-6-7-17-9-12-20-19(15-17)11-13-21(22-20)18-10-8-16(2)14-18/h11,13-14,17H,2-10,12,15H2,1H3. The highest BCUT2D eigenvalue weighted by Gasteiger charge is 2.20. The van der Waals surface area contributed by atoms with Crippen molar-refractivity contribution in [1.82, 2.24) is 4.98 Å². The van der Waals surface area contributed by atoms with Gasteiger partial charge in [0.05, 0.1) is 5.69 Å². The molecule has 0 radical (unpaired) electrons. The van der Waals surface area contributed by atoms with Gasteiger partial charge in [0.1, 0.15) is 0 Å². The third kappa shape index (κ3) is 3.69. The van der Waals surface area contributed by atoms with E-state index in [0.29, 0.717) is 0 Å². The fourth-order valence-electron chi connectivity index (χ4n) is 3.86. The molecule has 0 spiro atoms. The molecule has 118 valence electrons. The van der Waals surface area contributed by atoms with Crippen LogP contribution in [0.25, 0.3) is 5.57 Å². The third-order valence-corrected chi connectivity index (χ3v) is 5.26. The maximum Gasteiger partial charge on any atom is 0.0665 e. The van der Waals surface area contributed by atoms with Crippen LogP contribution in [0.3, 0.4) is 0 Å². The maximum atomic E-state index is 4.96. The van der Waals surface area contributed by atoms with Gasteiger partial charge in [0.2, 0.25) is 0 Å². The molecule has 1 unspecified atom stereocenters. The Hall–Kier alpha value is -1.37. The summed E-state index contributed by atoms with van der Waals surface area (Å²) in [6, 6.07) is 4.58. The van der Waals surface area contributed by atoms with Crippen LogP contribution >= 0.6 is 0 Å². The molecule has 1 atom stereocenters. The molecule has 1 heteroatoms. The third-order valence-electron chi connectivity index (χ3n) is 5.26. The summed E-state index contributed by atoms with van der Waals surface area (Å²) in [5.41, 5.74) is 6.70. The van der Waals surface area contributed by atoms with Gasteiger partial charge in [-0.2, -0.15) is 0 Å². The van der Waals surface area contributed by atoms with Crippen molar-refractivity contribution in [3.05, 3.63) is 47.3 Å². The topological polar surface area (TPSA) is 12.9 Å². The first-order valence-corrected chi connectivity index (χ1v) is 9.13. The van der Waals surface area contributed by atoms with Crippen molar-refractivity contribution in [3.8, 4) is 0 Å². The highest BCUT2D eigenvalue weighted by molar-refractivity contribution is 5.69. The number of allylic oxidation sites excluding steroid dienone is 3. The minimum Gasteiger partial charge on any atom is -0.253 e. The smallest absolute Gasteiger partial charge is 0.0665 e. The predicted octanol–water partition coefficient (Wildman–Crippen LogP) is 5.89. The zero-order chi connectivity index (χ0) is 15.4. The van der Waals surface area contributed by atoms with Gasteiger partial charge in [-0.15, -0.1) is 0 Å². The van der Waals surface area contributed by atoms with Crippen LogP contribution in [-0.2, 0) is 12.8 Å². The van der Waals surface area contributed by atoms with Crippen molar-refractivity contribution in [2.24, 2.45) is 5.92 Å². The van der Waals surface area contributed by atoms with E-state index in [0.717, 1.165) is 18.8 Å². The zero-order valence-electron chi connectivity index (χ0n) is 14.0. The predicted molar refractivity (Wildman–Crippen MR) is 94.9 cm³/mol. The Morgan fingerprint density at radius 3 is 2.82 bits per heavy atom. The second-order valence-electron chi connectivity index (χ2n) is 7.09. The van der Waals surface area contributed by atoms with Crippen LogP contribution in [0.2, 0.25) is 0 Å². The average Bonchev–Trinajstić information content (AvgIpc) is 2.97. The van der Waals surface area contributed by atoms with Crippen LogP contribution in [0.15, 0.2) is 30.4 Å². The molecule has 1 heterocycles. The van der Waals surface area contributed by atoms with Crippen LogP contribution in [0.1, 0.15) is 75.2 Å². The van der Waals surface area contributed by atoms with Crippen molar-refractivity contribution >= 4 is 5.57 Å². The quantitative estimate of drug-likeness (QED) is 0.596. The molecule has 0 aliphatic heterocycles. The zero-order valence-corrected chi connectivity index (χ0v) is 14.0. The number of rotatable bonds is 6. The molecule has 2 aliphatic carbocycles. The first-order valence-electron chi connectivity index (χ1n) is 9.13. The number of fused-ring (bicyclic) bond motifs is 1. The molecule has 0 bridgehead atoms. The number of unbranched alkanes of at least 4 members (excludes halogenated alkanes) is 3. The molecular formula is C21H29N. The SMILES string of the molecule is C=C1C=C(c2ccc3c(n2)CCC(CCCCCC)C3)CC1. The minimum atomic E-state index is 0.891. The Kier molecular flexibility index (Phi) is 5.12. The fourth-order valence-corrected chi connectivity index (χ4v) is 3.86. The molecule has 1 aromatic rings. The average molecular weight is 295 g/mol. The Bertz CT molecular complexity index is 567. The van der Waals surface area contributed by atoms with Gasteiger partial charge in [0.25, 0.3) is 0 Å². The lowest BCUT2D eigenvalue weighted by atomic mass is 9.83. The molecule has 0 aromatic carbocycles. The van der Waals surface area contributed by atoms with Gasteiger partial charge in [-0.05, 0) is 55.2 Å². The van der Waals surface area contributed by atoms with Crippen LogP contribution in [0.5, 0.6) is 0 Å². The van der Waals surface area contributed by atoms with Crippen LogP contribution in [0, 0.1) is 5.92 Å². The summed E-state index contributed by atoms with van der Waals surface area (Å²) in [5, 5.41) is 0. The second-order valence-corrected chi connectivity index (χ2v) is 7.09. The van der Waals surface area contributed by atoms with Gasteiger partial charge < -0.3 is 0 Å². The van der Waals surface area contributed by atoms with Gasteiger partial charge in [-0.25, -0.2) is 0 Å². The molecule has 0 N–H and O–H groups in total. The molecule has 2 aliphatic rings. The van der Waals surface area contributed by atoms with Gasteiger partial charge >= 0.3 is 0 Å². The van der Waals surface area contributed by atoms with Gasteiger partial charge in [0.15, 0.2) is 0 Å². The summed E-state index contributed by atoms with van der Waals surface area (Å²) in [7, 11) is 0. The van der Waals surface area contributed by atoms with E-state index >= 15 is 0 Å². The van der Waals surface area contributed by atoms with Crippen molar-refractivity contribution < 1.29 is 0 Å². The summed E-state index contributed by atoms with van der Waals surface area (Å²) in [4.78, 5) is 4.96. The van der Waals surface area contributed by atoms with E-state index in [2.05, 4.69) is 31.7 Å². The van der Waals surface area contributed by atoms with Crippen molar-refractivity contribution in [3.63, 3.8) is 0 Å². The van der Waals surface area contributed by atoms with E-state index in [1.807, 2.05) is 0 Å². The van der Waals surface area contributed by atoms with E-state index < -0.39 is 0 Å². The molecule has 0 amide bonds. The Morgan fingerprint density at radius 2 is 2.05 bits per heavy atom. The summed E-state index contributed by atoms with van der Waals surface area (Å²) in [6.07, 6.45) is 15.2. The van der Waals surface area contributed by atoms with Crippen LogP contribution in [0.4, 0.5) is 0 Å². The Morgan fingerprint density at radius 1 is 1.14 bits per heavy atom. The molecule has 22 heavy (non-hydrogen) atoms. The second kappa shape index (κ2) is 7.26. The number of hydrogen-bond acceptors (Lipinski definition) is 1. The number of aromatic nitrogens is 1. The molecule has 3 rings (SSSR count). The lowest BCUT2D eigenvalue weighted by Crippen LogP contribution is -2.16. The number of pyridine rings is 1. The van der Waals surface area contributed by atoms with Crippen LogP contribution < -0.4 is 0 Å². The van der Waals surface area contributed by atoms with E-state index in [1.54, 1.807) is 0 Å². The summed E-state index contributed by atoms with van der Waals surface area (Å²) < 4.78 is 0. The van der Waals surface area contributed by atoms with Gasteiger partial charge in [0, 0.05) is 5.69 Å². The van der Waals surface area contributed by atoms with E-state index in [-0.39, 0.29) is 0 Å². The summed E-state index contributed by atoms with van der Waals surface area (Å²) >= 11 is 0. The summed E-state index contributed by atoms with van der Waals surface area (Å²) in [5.74, 6) is 0.891. The molecular weight excluding hydrogens is 266 g/mol. The van der Waals surface area contributed by atoms with Crippen molar-refractivity contribution in [1.29, 1.82) is 0 Å². The number of aryl methyl sites for hydroxylation is 1. The molecule has 0 fully saturated rings. The van der Waals surface area contributed by atoms with E-state index in [9.17, 15) is 0 Å². The molecule has 0 saturated carbocycles. The molecule has 1 aromatic heterocycles. The van der Waals surface area contributed by atoms with Crippen molar-refractivity contribution in [2.45, 2.75) is 71.1 Å². The minimum absolute atomic E-state index is 0.891. The molecule has 1 nitrogen and oxygen atoms in total. The lowest BCUT2D eigenvalue weighted by Gasteiger charge is -2.24. The lowest BCUT2D eigenvalue weighted by molar-refractivity contribution is 0.402. The first kappa shape index (κ1) is 15.5. The number of hydrogen-bond donors (Lipinski definition) is 0. The van der Waals surface area contributed by atoms with Gasteiger partial charge in [-0.3, -0.25) is 4.98 Å². The first-order chi connectivity index (χ1) is 10.8. The normalized spacial score (nSPS) is 20.9. The Labute approximate surface area is 135 Å². The number of nitrogens with zero attached hydrogens (tertiary/aromatic N) is 1. The highest BCUT2D eigenvalue weighted by atomic mass is 14.7. The fraction of sp³-hybridized carbons (Fsp3) is 0.571.